The third-order valence-corrected chi connectivity index (χ3v) is 7.36. The van der Waals surface area contributed by atoms with Gasteiger partial charge < -0.3 is 10.2 Å². The lowest BCUT2D eigenvalue weighted by atomic mass is 10.2. The number of nitrogens with zero attached hydrogens (tertiary/aromatic N) is 2. The Labute approximate surface area is 196 Å². The molecule has 1 heterocycles. The summed E-state index contributed by atoms with van der Waals surface area (Å²) in [5, 5.41) is 2.99. The predicted octanol–water partition coefficient (Wildman–Crippen LogP) is 5.50. The summed E-state index contributed by atoms with van der Waals surface area (Å²) in [5.74, 6) is 0.385. The Morgan fingerprint density at radius 3 is 2.26 bits per heavy atom. The average Bonchev–Trinajstić information content (AvgIpc) is 2.80. The highest BCUT2D eigenvalue weighted by Crippen LogP contribution is 2.27. The molecule has 3 aromatic carbocycles. The van der Waals surface area contributed by atoms with E-state index in [-0.39, 0.29) is 5.91 Å². The fraction of sp³-hybridized carbons (Fsp3) is 0.240. The second kappa shape index (κ2) is 10.8. The Morgan fingerprint density at radius 2 is 1.55 bits per heavy atom. The van der Waals surface area contributed by atoms with Crippen molar-refractivity contribution in [2.45, 2.75) is 11.4 Å². The van der Waals surface area contributed by atoms with Crippen molar-refractivity contribution in [3.05, 3.63) is 88.9 Å². The van der Waals surface area contributed by atoms with E-state index in [2.05, 4.69) is 73.5 Å². The van der Waals surface area contributed by atoms with Crippen molar-refractivity contribution in [2.75, 3.05) is 42.1 Å². The number of halogens is 1. The lowest BCUT2D eigenvalue weighted by molar-refractivity contribution is -0.113. The Hall–Kier alpha value is -2.28. The third-order valence-electron chi connectivity index (χ3n) is 5.33. The lowest BCUT2D eigenvalue weighted by Gasteiger charge is -2.36. The molecule has 160 valence electrons. The molecular formula is C25H26BrN3OS. The fourth-order valence-electron chi connectivity index (χ4n) is 3.66. The summed E-state index contributed by atoms with van der Waals surface area (Å²) in [5.41, 5.74) is 3.41. The maximum atomic E-state index is 12.3. The minimum atomic E-state index is 0.00280. The summed E-state index contributed by atoms with van der Waals surface area (Å²) in [6.45, 7) is 5.15. The van der Waals surface area contributed by atoms with Gasteiger partial charge in [0, 0.05) is 53.5 Å². The second-order valence-corrected chi connectivity index (χ2v) is 9.43. The first kappa shape index (κ1) is 21.9. The fourth-order valence-corrected chi connectivity index (χ4v) is 5.03. The van der Waals surface area contributed by atoms with Gasteiger partial charge in [-0.2, -0.15) is 0 Å². The van der Waals surface area contributed by atoms with Gasteiger partial charge in [0.15, 0.2) is 0 Å². The number of hydrogen-bond acceptors (Lipinski definition) is 4. The van der Waals surface area contributed by atoms with E-state index in [1.807, 2.05) is 36.4 Å². The quantitative estimate of drug-likeness (QED) is 0.438. The van der Waals surface area contributed by atoms with Gasteiger partial charge in [0.05, 0.1) is 5.75 Å². The molecule has 1 amide bonds. The molecule has 31 heavy (non-hydrogen) atoms. The summed E-state index contributed by atoms with van der Waals surface area (Å²) in [4.78, 5) is 18.3. The Bertz CT molecular complexity index is 989. The topological polar surface area (TPSA) is 35.6 Å². The van der Waals surface area contributed by atoms with Crippen molar-refractivity contribution < 1.29 is 4.79 Å². The van der Waals surface area contributed by atoms with Crippen LogP contribution in [0.15, 0.2) is 88.2 Å². The van der Waals surface area contributed by atoms with Gasteiger partial charge in [0.25, 0.3) is 0 Å². The molecule has 0 aromatic heterocycles. The average molecular weight is 496 g/mol. The molecule has 1 aliphatic rings. The van der Waals surface area contributed by atoms with Crippen LogP contribution in [0.4, 0.5) is 11.4 Å². The first-order valence-corrected chi connectivity index (χ1v) is 12.2. The molecule has 0 saturated carbocycles. The normalized spacial score (nSPS) is 14.4. The van der Waals surface area contributed by atoms with Crippen molar-refractivity contribution in [2.24, 2.45) is 0 Å². The molecule has 1 N–H and O–H groups in total. The minimum absolute atomic E-state index is 0.00280. The standard InChI is InChI=1S/C25H26BrN3OS/c26-23-8-4-5-9-24(23)31-19-25(30)27-21-10-12-22(13-11-21)29-16-14-28(15-17-29)18-20-6-2-1-3-7-20/h1-13H,14-19H2,(H,27,30). The molecule has 0 bridgehead atoms. The minimum Gasteiger partial charge on any atom is -0.369 e. The van der Waals surface area contributed by atoms with Gasteiger partial charge in [-0.15, -0.1) is 11.8 Å². The highest BCUT2D eigenvalue weighted by molar-refractivity contribution is 9.10. The van der Waals surface area contributed by atoms with Crippen LogP contribution in [0.3, 0.4) is 0 Å². The van der Waals surface area contributed by atoms with Crippen molar-refractivity contribution in [1.29, 1.82) is 0 Å². The largest absolute Gasteiger partial charge is 0.369 e. The van der Waals surface area contributed by atoms with Gasteiger partial charge in [0.2, 0.25) is 5.91 Å². The molecule has 0 aliphatic carbocycles. The SMILES string of the molecule is O=C(CSc1ccccc1Br)Nc1ccc(N2CCN(Cc3ccccc3)CC2)cc1. The first-order valence-electron chi connectivity index (χ1n) is 10.5. The maximum absolute atomic E-state index is 12.3. The van der Waals surface area contributed by atoms with E-state index < -0.39 is 0 Å². The molecule has 4 nitrogen and oxygen atoms in total. The van der Waals surface area contributed by atoms with E-state index in [1.54, 1.807) is 0 Å². The number of carbonyl (C=O) groups is 1. The van der Waals surface area contributed by atoms with Crippen LogP contribution < -0.4 is 10.2 Å². The van der Waals surface area contributed by atoms with Crippen LogP contribution in [-0.4, -0.2) is 42.7 Å². The molecule has 1 fully saturated rings. The van der Waals surface area contributed by atoms with E-state index in [0.717, 1.165) is 47.8 Å². The monoisotopic (exact) mass is 495 g/mol. The molecular weight excluding hydrogens is 470 g/mol. The molecule has 6 heteroatoms. The van der Waals surface area contributed by atoms with Gasteiger partial charge in [-0.25, -0.2) is 0 Å². The summed E-state index contributed by atoms with van der Waals surface area (Å²) in [6.07, 6.45) is 0. The Morgan fingerprint density at radius 1 is 0.871 bits per heavy atom. The smallest absolute Gasteiger partial charge is 0.234 e. The molecule has 1 saturated heterocycles. The summed E-state index contributed by atoms with van der Waals surface area (Å²) in [6, 6.07) is 26.8. The highest BCUT2D eigenvalue weighted by atomic mass is 79.9. The van der Waals surface area contributed by atoms with Crippen LogP contribution in [-0.2, 0) is 11.3 Å². The van der Waals surface area contributed by atoms with Gasteiger partial charge in [-0.3, -0.25) is 9.69 Å². The number of rotatable bonds is 7. The highest BCUT2D eigenvalue weighted by Gasteiger charge is 2.17. The molecule has 4 rings (SSSR count). The van der Waals surface area contributed by atoms with Crippen LogP contribution in [0.5, 0.6) is 0 Å². The molecule has 0 unspecified atom stereocenters. The Kier molecular flexibility index (Phi) is 7.67. The van der Waals surface area contributed by atoms with E-state index >= 15 is 0 Å². The van der Waals surface area contributed by atoms with E-state index in [4.69, 9.17) is 0 Å². The predicted molar refractivity (Wildman–Crippen MR) is 134 cm³/mol. The van der Waals surface area contributed by atoms with Crippen LogP contribution in [0.2, 0.25) is 0 Å². The molecule has 0 atom stereocenters. The number of anilines is 2. The van der Waals surface area contributed by atoms with Crippen LogP contribution >= 0.6 is 27.7 Å². The number of piperazine rings is 1. The van der Waals surface area contributed by atoms with Crippen molar-refractivity contribution >= 4 is 45.0 Å². The number of benzene rings is 3. The number of amides is 1. The van der Waals surface area contributed by atoms with Crippen molar-refractivity contribution in [1.82, 2.24) is 4.90 Å². The van der Waals surface area contributed by atoms with Crippen LogP contribution in [0.1, 0.15) is 5.56 Å². The zero-order valence-electron chi connectivity index (χ0n) is 17.3. The van der Waals surface area contributed by atoms with Gasteiger partial charge in [0.1, 0.15) is 0 Å². The van der Waals surface area contributed by atoms with Gasteiger partial charge in [-0.05, 0) is 57.9 Å². The summed E-state index contributed by atoms with van der Waals surface area (Å²) < 4.78 is 1.01. The summed E-state index contributed by atoms with van der Waals surface area (Å²) in [7, 11) is 0. The number of carbonyl (C=O) groups excluding carboxylic acids is 1. The molecule has 3 aromatic rings. The first-order chi connectivity index (χ1) is 15.2. The van der Waals surface area contributed by atoms with Crippen LogP contribution in [0.25, 0.3) is 0 Å². The molecule has 1 aliphatic heterocycles. The number of thioether (sulfide) groups is 1. The zero-order chi connectivity index (χ0) is 21.5. The van der Waals surface area contributed by atoms with E-state index in [1.165, 1.54) is 23.0 Å². The van der Waals surface area contributed by atoms with Crippen LogP contribution in [0, 0.1) is 0 Å². The maximum Gasteiger partial charge on any atom is 0.234 e. The van der Waals surface area contributed by atoms with Gasteiger partial charge >= 0.3 is 0 Å². The lowest BCUT2D eigenvalue weighted by Crippen LogP contribution is -2.45. The summed E-state index contributed by atoms with van der Waals surface area (Å²) >= 11 is 5.05. The molecule has 0 spiro atoms. The third kappa shape index (κ3) is 6.35. The van der Waals surface area contributed by atoms with E-state index in [0.29, 0.717) is 5.75 Å². The second-order valence-electron chi connectivity index (χ2n) is 7.56. The van der Waals surface area contributed by atoms with Gasteiger partial charge in [-0.1, -0.05) is 42.5 Å². The molecule has 0 radical (unpaired) electrons. The number of nitrogens with one attached hydrogen (secondary N) is 1. The zero-order valence-corrected chi connectivity index (χ0v) is 19.7. The van der Waals surface area contributed by atoms with E-state index in [9.17, 15) is 4.79 Å². The van der Waals surface area contributed by atoms with Crippen molar-refractivity contribution in [3.63, 3.8) is 0 Å². The van der Waals surface area contributed by atoms with Crippen molar-refractivity contribution in [3.8, 4) is 0 Å². The Balaban J connectivity index is 1.24. The number of hydrogen-bond donors (Lipinski definition) is 1.